The molecule has 2 unspecified atom stereocenters. The Bertz CT molecular complexity index is 1300. The first-order valence-corrected chi connectivity index (χ1v) is 15.3. The molecule has 3 atom stereocenters. The number of hydrogen-bond acceptors (Lipinski definition) is 12. The number of aromatic nitrogens is 4. The summed E-state index contributed by atoms with van der Waals surface area (Å²) in [5, 5.41) is 14.3. The van der Waals surface area contributed by atoms with Crippen molar-refractivity contribution in [2.45, 2.75) is 67.2 Å². The molecule has 0 aliphatic carbocycles. The average Bonchev–Trinajstić information content (AvgIpc) is 3.29. The Morgan fingerprint density at radius 2 is 1.98 bits per heavy atom. The molecule has 0 spiro atoms. The first kappa shape index (κ1) is 31.7. The van der Waals surface area contributed by atoms with Crippen LogP contribution in [-0.4, -0.2) is 103 Å². The highest BCUT2D eigenvalue weighted by atomic mass is 32.2. The van der Waals surface area contributed by atoms with Crippen LogP contribution in [0.4, 0.5) is 13.2 Å². The van der Waals surface area contributed by atoms with Gasteiger partial charge in [-0.1, -0.05) is 11.8 Å². The van der Waals surface area contributed by atoms with E-state index in [4.69, 9.17) is 10.5 Å². The maximum atomic E-state index is 13.3. The van der Waals surface area contributed by atoms with Crippen molar-refractivity contribution in [1.82, 2.24) is 30.8 Å². The second-order valence-electron chi connectivity index (χ2n) is 9.80. The number of carbonyl (C=O) groups excluding carboxylic acids is 4. The molecule has 0 bridgehead atoms. The molecular weight excluding hydrogens is 603 g/mol. The summed E-state index contributed by atoms with van der Waals surface area (Å²) in [6.07, 6.45) is -4.96. The Kier molecular flexibility index (Phi) is 9.44. The predicted molar refractivity (Wildman–Crippen MR) is 135 cm³/mol. The molecule has 14 nitrogen and oxygen atoms in total. The lowest BCUT2D eigenvalue weighted by atomic mass is 9.99. The van der Waals surface area contributed by atoms with Crippen molar-refractivity contribution in [2.24, 2.45) is 5.73 Å². The molecular formula is C20H26F3N7O7S3. The molecule has 0 saturated carbocycles. The number of sulfone groups is 1. The van der Waals surface area contributed by atoms with Crippen LogP contribution in [-0.2, 0) is 33.8 Å². The molecule has 3 heterocycles. The number of esters is 1. The normalized spacial score (nSPS) is 20.4. The average molecular weight is 630 g/mol. The SMILES string of the molecule is CC(C)(C)OC(=O)C1=C(C(CCC(N)=O)Sc2nnn[nH]2)CS[C@H]2C(NC(=O)CS(=O)(=O)CC(F)(F)F)C(=O)N12. The van der Waals surface area contributed by atoms with E-state index in [1.54, 1.807) is 20.8 Å². The second kappa shape index (κ2) is 11.9. The van der Waals surface area contributed by atoms with Crippen LogP contribution in [0.3, 0.4) is 0 Å². The fourth-order valence-electron chi connectivity index (χ4n) is 3.83. The fourth-order valence-corrected chi connectivity index (χ4v) is 7.47. The van der Waals surface area contributed by atoms with E-state index in [0.29, 0.717) is 5.57 Å². The third-order valence-corrected chi connectivity index (χ3v) is 9.23. The van der Waals surface area contributed by atoms with Gasteiger partial charge in [-0.15, -0.1) is 16.9 Å². The van der Waals surface area contributed by atoms with Gasteiger partial charge in [0.15, 0.2) is 9.84 Å². The van der Waals surface area contributed by atoms with E-state index in [2.05, 4.69) is 25.9 Å². The first-order valence-electron chi connectivity index (χ1n) is 11.5. The van der Waals surface area contributed by atoms with Gasteiger partial charge in [0.1, 0.15) is 34.2 Å². The zero-order chi connectivity index (χ0) is 30.0. The Hall–Kier alpha value is -2.87. The number of rotatable bonds is 11. The summed E-state index contributed by atoms with van der Waals surface area (Å²) in [4.78, 5) is 51.4. The van der Waals surface area contributed by atoms with Gasteiger partial charge in [-0.25, -0.2) is 18.3 Å². The van der Waals surface area contributed by atoms with Crippen LogP contribution in [0.1, 0.15) is 33.6 Å². The summed E-state index contributed by atoms with van der Waals surface area (Å²) in [6, 6.07) is -1.30. The molecule has 1 saturated heterocycles. The smallest absolute Gasteiger partial charge is 0.402 e. The van der Waals surface area contributed by atoms with Crippen LogP contribution < -0.4 is 11.1 Å². The minimum Gasteiger partial charge on any atom is -0.455 e. The van der Waals surface area contributed by atoms with Gasteiger partial charge in [0.25, 0.3) is 5.91 Å². The van der Waals surface area contributed by atoms with Crippen molar-refractivity contribution < 1.29 is 45.5 Å². The van der Waals surface area contributed by atoms with Gasteiger partial charge in [0, 0.05) is 17.4 Å². The third-order valence-electron chi connectivity index (χ3n) is 5.26. The molecule has 40 heavy (non-hydrogen) atoms. The molecule has 3 rings (SSSR count). The molecule has 2 aliphatic heterocycles. The number of primary amides is 1. The summed E-state index contributed by atoms with van der Waals surface area (Å²) in [5.41, 5.74) is 4.64. The van der Waals surface area contributed by atoms with Crippen LogP contribution in [0.2, 0.25) is 0 Å². The molecule has 1 aromatic rings. The number of aromatic amines is 1. The summed E-state index contributed by atoms with van der Waals surface area (Å²) < 4.78 is 66.6. The summed E-state index contributed by atoms with van der Waals surface area (Å²) >= 11 is 2.21. The Balaban J connectivity index is 1.89. The number of halogens is 3. The van der Waals surface area contributed by atoms with Crippen molar-refractivity contribution in [1.29, 1.82) is 0 Å². The van der Waals surface area contributed by atoms with E-state index in [0.717, 1.165) is 28.4 Å². The maximum absolute atomic E-state index is 13.3. The first-order chi connectivity index (χ1) is 18.4. The Morgan fingerprint density at radius 3 is 2.52 bits per heavy atom. The molecule has 3 amide bonds. The van der Waals surface area contributed by atoms with Crippen molar-refractivity contribution in [2.75, 3.05) is 17.3 Å². The predicted octanol–water partition coefficient (Wildman–Crippen LogP) is -0.101. The molecule has 4 N–H and O–H groups in total. The number of β-lactam (4-membered cyclic amide) rings is 1. The zero-order valence-electron chi connectivity index (χ0n) is 21.4. The number of amides is 3. The summed E-state index contributed by atoms with van der Waals surface area (Å²) in [6.45, 7) is 4.84. The number of H-pyrrole nitrogens is 1. The van der Waals surface area contributed by atoms with Gasteiger partial charge in [-0.2, -0.15) is 13.2 Å². The number of alkyl halides is 3. The lowest BCUT2D eigenvalue weighted by molar-refractivity contribution is -0.159. The minimum absolute atomic E-state index is 0.0720. The van der Waals surface area contributed by atoms with Gasteiger partial charge in [0.05, 0.1) is 0 Å². The second-order valence-corrected chi connectivity index (χ2v) is 14.2. The van der Waals surface area contributed by atoms with E-state index in [1.165, 1.54) is 0 Å². The van der Waals surface area contributed by atoms with Gasteiger partial charge in [-0.3, -0.25) is 19.3 Å². The molecule has 0 aromatic carbocycles. The van der Waals surface area contributed by atoms with Crippen LogP contribution in [0.25, 0.3) is 0 Å². The van der Waals surface area contributed by atoms with Crippen molar-refractivity contribution in [3.8, 4) is 0 Å². The van der Waals surface area contributed by atoms with Gasteiger partial charge in [0.2, 0.25) is 17.0 Å². The molecule has 2 aliphatic rings. The number of nitrogens with one attached hydrogen (secondary N) is 2. The largest absolute Gasteiger partial charge is 0.455 e. The number of fused-ring (bicyclic) bond motifs is 1. The van der Waals surface area contributed by atoms with E-state index in [9.17, 15) is 40.8 Å². The monoisotopic (exact) mass is 629 g/mol. The van der Waals surface area contributed by atoms with Crippen molar-refractivity contribution in [3.05, 3.63) is 11.3 Å². The summed E-state index contributed by atoms with van der Waals surface area (Å²) in [5.74, 6) is -7.09. The highest BCUT2D eigenvalue weighted by Gasteiger charge is 2.55. The quantitative estimate of drug-likeness (QED) is 0.167. The zero-order valence-corrected chi connectivity index (χ0v) is 23.8. The minimum atomic E-state index is -5.03. The number of tetrazole rings is 1. The topological polar surface area (TPSA) is 207 Å². The summed E-state index contributed by atoms with van der Waals surface area (Å²) in [7, 11) is -4.83. The Morgan fingerprint density at radius 1 is 1.30 bits per heavy atom. The van der Waals surface area contributed by atoms with E-state index < -0.39 is 73.5 Å². The van der Waals surface area contributed by atoms with Crippen LogP contribution >= 0.6 is 23.5 Å². The van der Waals surface area contributed by atoms with Gasteiger partial charge < -0.3 is 15.8 Å². The molecule has 20 heteroatoms. The van der Waals surface area contributed by atoms with E-state index >= 15 is 0 Å². The number of nitrogens with two attached hydrogens (primary N) is 1. The standard InChI is InChI=1S/C20H26F3N7O7S3/c1-19(2,3)37-17(34)14-9(10(4-5-11(24)31)39-18-26-28-29-27-18)6-38-16-13(15(33)30(14)16)25-12(32)7-40(35,36)8-20(21,22)23/h10,13,16H,4-8H2,1-3H3,(H2,24,31)(H,25,32)(H,26,27,28,29)/t10?,13?,16-/m0/s1. The number of ether oxygens (including phenoxy) is 1. The molecule has 222 valence electrons. The van der Waals surface area contributed by atoms with Crippen molar-refractivity contribution in [3.63, 3.8) is 0 Å². The fraction of sp³-hybridized carbons (Fsp3) is 0.650. The third kappa shape index (κ3) is 8.32. The lowest BCUT2D eigenvalue weighted by Gasteiger charge is -2.50. The van der Waals surface area contributed by atoms with E-state index in [1.807, 2.05) is 0 Å². The molecule has 1 fully saturated rings. The van der Waals surface area contributed by atoms with Crippen LogP contribution in [0.5, 0.6) is 0 Å². The number of carbonyl (C=O) groups is 4. The van der Waals surface area contributed by atoms with Gasteiger partial charge >= 0.3 is 12.1 Å². The van der Waals surface area contributed by atoms with Crippen molar-refractivity contribution >= 4 is 57.1 Å². The molecule has 0 radical (unpaired) electrons. The Labute approximate surface area is 234 Å². The highest BCUT2D eigenvalue weighted by molar-refractivity contribution is 8.01. The van der Waals surface area contributed by atoms with Gasteiger partial charge in [-0.05, 0) is 43.2 Å². The number of thioether (sulfide) groups is 2. The molecule has 1 aromatic heterocycles. The van der Waals surface area contributed by atoms with Crippen LogP contribution in [0, 0.1) is 0 Å². The number of hydrogen-bond donors (Lipinski definition) is 3. The maximum Gasteiger partial charge on any atom is 0.402 e. The lowest BCUT2D eigenvalue weighted by Crippen LogP contribution is -2.71. The van der Waals surface area contributed by atoms with Crippen LogP contribution in [0.15, 0.2) is 16.4 Å². The number of nitrogens with zero attached hydrogens (tertiary/aromatic N) is 4. The highest BCUT2D eigenvalue weighted by Crippen LogP contribution is 2.45. The van der Waals surface area contributed by atoms with E-state index in [-0.39, 0.29) is 29.4 Å².